The van der Waals surface area contributed by atoms with Crippen LogP contribution in [0.3, 0.4) is 0 Å². The fraction of sp³-hybridized carbons (Fsp3) is 0.273. The van der Waals surface area contributed by atoms with Crippen LogP contribution in [0.25, 0.3) is 11.3 Å². The third kappa shape index (κ3) is 5.41. The van der Waals surface area contributed by atoms with Gasteiger partial charge in [0.2, 0.25) is 0 Å². The molecule has 1 aromatic heterocycles. The van der Waals surface area contributed by atoms with E-state index < -0.39 is 0 Å². The first-order valence-electron chi connectivity index (χ1n) is 9.14. The standard InChI is InChI=1S/C22H24N2O2S/c1-3-18-6-4-5-7-21(18)26-14-22(25)23-13-12-17-8-10-19(11-9-17)20-15-27-16(2)24-20/h4-11,15H,3,12-14H2,1-2H3,(H,23,25). The van der Waals surface area contributed by atoms with Gasteiger partial charge in [-0.2, -0.15) is 0 Å². The maximum Gasteiger partial charge on any atom is 0.257 e. The van der Waals surface area contributed by atoms with Crippen molar-refractivity contribution in [3.63, 3.8) is 0 Å². The fourth-order valence-corrected chi connectivity index (χ4v) is 3.44. The molecule has 3 rings (SSSR count). The predicted octanol–water partition coefficient (Wildman–Crippen LogP) is 4.42. The van der Waals surface area contributed by atoms with E-state index in [1.807, 2.05) is 31.2 Å². The van der Waals surface area contributed by atoms with Gasteiger partial charge < -0.3 is 10.1 Å². The molecule has 0 aliphatic carbocycles. The van der Waals surface area contributed by atoms with Gasteiger partial charge in [-0.15, -0.1) is 11.3 Å². The van der Waals surface area contributed by atoms with E-state index in [2.05, 4.69) is 46.9 Å². The van der Waals surface area contributed by atoms with Gasteiger partial charge in [0.25, 0.3) is 5.91 Å². The van der Waals surface area contributed by atoms with Gasteiger partial charge in [-0.05, 0) is 37.0 Å². The molecule has 0 aliphatic heterocycles. The van der Waals surface area contributed by atoms with E-state index in [4.69, 9.17) is 4.74 Å². The summed E-state index contributed by atoms with van der Waals surface area (Å²) in [6.07, 6.45) is 1.67. The Balaban J connectivity index is 1.43. The Morgan fingerprint density at radius 3 is 2.63 bits per heavy atom. The summed E-state index contributed by atoms with van der Waals surface area (Å²) in [5, 5.41) is 6.05. The number of aromatic nitrogens is 1. The second-order valence-corrected chi connectivity index (χ2v) is 7.36. The zero-order valence-electron chi connectivity index (χ0n) is 15.7. The number of aryl methyl sites for hydroxylation is 2. The number of thiazole rings is 1. The lowest BCUT2D eigenvalue weighted by Gasteiger charge is -2.10. The number of ether oxygens (including phenoxy) is 1. The largest absolute Gasteiger partial charge is 0.483 e. The van der Waals surface area contributed by atoms with Crippen LogP contribution in [0.15, 0.2) is 53.9 Å². The predicted molar refractivity (Wildman–Crippen MR) is 110 cm³/mol. The fourth-order valence-electron chi connectivity index (χ4n) is 2.82. The van der Waals surface area contributed by atoms with Crippen molar-refractivity contribution in [3.8, 4) is 17.0 Å². The highest BCUT2D eigenvalue weighted by Crippen LogP contribution is 2.22. The minimum Gasteiger partial charge on any atom is -0.483 e. The van der Waals surface area contributed by atoms with Crippen molar-refractivity contribution in [2.24, 2.45) is 0 Å². The molecule has 140 valence electrons. The molecule has 1 amide bonds. The zero-order chi connectivity index (χ0) is 19.1. The Morgan fingerprint density at radius 2 is 1.93 bits per heavy atom. The third-order valence-electron chi connectivity index (χ3n) is 4.32. The summed E-state index contributed by atoms with van der Waals surface area (Å²) in [7, 11) is 0. The number of rotatable bonds is 8. The lowest BCUT2D eigenvalue weighted by Crippen LogP contribution is -2.30. The molecule has 0 fully saturated rings. The van der Waals surface area contributed by atoms with Crippen LogP contribution in [0.1, 0.15) is 23.1 Å². The number of amides is 1. The highest BCUT2D eigenvalue weighted by Gasteiger charge is 2.06. The molecule has 5 heteroatoms. The maximum absolute atomic E-state index is 12.0. The molecular formula is C22H24N2O2S. The van der Waals surface area contributed by atoms with E-state index in [9.17, 15) is 4.79 Å². The van der Waals surface area contributed by atoms with Crippen molar-refractivity contribution in [1.82, 2.24) is 10.3 Å². The second-order valence-electron chi connectivity index (χ2n) is 6.30. The first-order valence-corrected chi connectivity index (χ1v) is 10.0. The van der Waals surface area contributed by atoms with Gasteiger partial charge in [-0.1, -0.05) is 49.4 Å². The molecule has 0 aliphatic rings. The lowest BCUT2D eigenvalue weighted by molar-refractivity contribution is -0.123. The molecule has 2 aromatic carbocycles. The lowest BCUT2D eigenvalue weighted by atomic mass is 10.1. The molecule has 1 N–H and O–H groups in total. The van der Waals surface area contributed by atoms with E-state index in [0.29, 0.717) is 6.54 Å². The number of hydrogen-bond donors (Lipinski definition) is 1. The molecule has 0 spiro atoms. The molecule has 4 nitrogen and oxygen atoms in total. The van der Waals surface area contributed by atoms with Crippen LogP contribution in [0.5, 0.6) is 5.75 Å². The molecule has 0 radical (unpaired) electrons. The van der Waals surface area contributed by atoms with E-state index in [1.54, 1.807) is 11.3 Å². The van der Waals surface area contributed by atoms with Crippen LogP contribution in [0.2, 0.25) is 0 Å². The first kappa shape index (κ1) is 19.1. The third-order valence-corrected chi connectivity index (χ3v) is 5.09. The minimum absolute atomic E-state index is 0.0408. The van der Waals surface area contributed by atoms with Crippen LogP contribution in [-0.2, 0) is 17.6 Å². The van der Waals surface area contributed by atoms with E-state index >= 15 is 0 Å². The van der Waals surface area contributed by atoms with Crippen molar-refractivity contribution >= 4 is 17.2 Å². The van der Waals surface area contributed by atoms with Gasteiger partial charge >= 0.3 is 0 Å². The first-order chi connectivity index (χ1) is 13.2. The van der Waals surface area contributed by atoms with Crippen LogP contribution in [0, 0.1) is 6.92 Å². The molecule has 0 bridgehead atoms. The van der Waals surface area contributed by atoms with Crippen molar-refractivity contribution in [3.05, 3.63) is 70.0 Å². The zero-order valence-corrected chi connectivity index (χ0v) is 16.5. The van der Waals surface area contributed by atoms with Crippen LogP contribution < -0.4 is 10.1 Å². The Hall–Kier alpha value is -2.66. The smallest absolute Gasteiger partial charge is 0.257 e. The van der Waals surface area contributed by atoms with Crippen molar-refractivity contribution in [1.29, 1.82) is 0 Å². The number of benzene rings is 2. The van der Waals surface area contributed by atoms with E-state index in [1.165, 1.54) is 5.56 Å². The number of nitrogens with zero attached hydrogens (tertiary/aromatic N) is 1. The topological polar surface area (TPSA) is 51.2 Å². The van der Waals surface area contributed by atoms with Crippen LogP contribution >= 0.6 is 11.3 Å². The summed E-state index contributed by atoms with van der Waals surface area (Å²) in [4.78, 5) is 16.5. The summed E-state index contributed by atoms with van der Waals surface area (Å²) in [5.74, 6) is 0.679. The molecule has 0 unspecified atom stereocenters. The number of carbonyl (C=O) groups excluding carboxylic acids is 1. The van der Waals surface area contributed by atoms with Crippen molar-refractivity contribution < 1.29 is 9.53 Å². The summed E-state index contributed by atoms with van der Waals surface area (Å²) in [5.41, 5.74) is 4.43. The normalized spacial score (nSPS) is 10.6. The molecular weight excluding hydrogens is 356 g/mol. The van der Waals surface area contributed by atoms with Crippen molar-refractivity contribution in [2.75, 3.05) is 13.2 Å². The molecule has 0 saturated heterocycles. The SMILES string of the molecule is CCc1ccccc1OCC(=O)NCCc1ccc(-c2csc(C)n2)cc1. The molecule has 1 heterocycles. The molecule has 3 aromatic rings. The van der Waals surface area contributed by atoms with Gasteiger partial charge in [-0.25, -0.2) is 4.98 Å². The van der Waals surface area contributed by atoms with E-state index in [-0.39, 0.29) is 12.5 Å². The Labute approximate surface area is 164 Å². The van der Waals surface area contributed by atoms with Gasteiger partial charge in [0.15, 0.2) is 6.61 Å². The van der Waals surface area contributed by atoms with Gasteiger partial charge in [0.1, 0.15) is 5.75 Å². The van der Waals surface area contributed by atoms with Crippen molar-refractivity contribution in [2.45, 2.75) is 26.7 Å². The summed E-state index contributed by atoms with van der Waals surface area (Å²) in [6.45, 7) is 4.71. The molecule has 0 saturated carbocycles. The van der Waals surface area contributed by atoms with Gasteiger partial charge in [-0.3, -0.25) is 4.79 Å². The molecule has 0 atom stereocenters. The van der Waals surface area contributed by atoms with E-state index in [0.717, 1.165) is 40.4 Å². The van der Waals surface area contributed by atoms with Gasteiger partial charge in [0, 0.05) is 17.5 Å². The highest BCUT2D eigenvalue weighted by atomic mass is 32.1. The second kappa shape index (κ2) is 9.33. The summed E-state index contributed by atoms with van der Waals surface area (Å²) in [6, 6.07) is 16.2. The monoisotopic (exact) mass is 380 g/mol. The highest BCUT2D eigenvalue weighted by molar-refractivity contribution is 7.09. The van der Waals surface area contributed by atoms with Gasteiger partial charge in [0.05, 0.1) is 10.7 Å². The number of carbonyl (C=O) groups is 1. The summed E-state index contributed by atoms with van der Waals surface area (Å²) >= 11 is 1.66. The Morgan fingerprint density at radius 1 is 1.15 bits per heavy atom. The molecule has 27 heavy (non-hydrogen) atoms. The summed E-state index contributed by atoms with van der Waals surface area (Å²) < 4.78 is 5.64. The quantitative estimate of drug-likeness (QED) is 0.629. The number of para-hydroxylation sites is 1. The maximum atomic E-state index is 12.0. The van der Waals surface area contributed by atoms with Crippen LogP contribution in [-0.4, -0.2) is 24.0 Å². The Bertz CT molecular complexity index is 887. The minimum atomic E-state index is -0.101. The average Bonchev–Trinajstić information content (AvgIpc) is 3.13. The average molecular weight is 381 g/mol. The number of nitrogens with one attached hydrogen (secondary N) is 1. The van der Waals surface area contributed by atoms with Crippen LogP contribution in [0.4, 0.5) is 0 Å². The number of hydrogen-bond acceptors (Lipinski definition) is 4. The Kier molecular flexibility index (Phi) is 6.60.